The number of halogens is 2. The summed E-state index contributed by atoms with van der Waals surface area (Å²) in [6.45, 7) is 1.55. The van der Waals surface area contributed by atoms with E-state index in [1.54, 1.807) is 24.3 Å². The number of morpholine rings is 1. The summed E-state index contributed by atoms with van der Waals surface area (Å²) in [5, 5.41) is 2.74. The molecule has 0 aromatic heterocycles. The van der Waals surface area contributed by atoms with E-state index in [2.05, 4.69) is 21.2 Å². The molecule has 1 aliphatic heterocycles. The predicted molar refractivity (Wildman–Crippen MR) is 106 cm³/mol. The van der Waals surface area contributed by atoms with Gasteiger partial charge in [0.25, 0.3) is 5.91 Å². The minimum absolute atomic E-state index is 0.0483. The lowest BCUT2D eigenvalue weighted by molar-refractivity contribution is 0.0730. The Bertz CT molecular complexity index is 962. The highest BCUT2D eigenvalue weighted by molar-refractivity contribution is 9.10. The van der Waals surface area contributed by atoms with Gasteiger partial charge in [-0.15, -0.1) is 0 Å². The highest BCUT2D eigenvalue weighted by Crippen LogP contribution is 2.27. The SMILES string of the molecule is O=C(NCCc1cccc(F)c1)c1ccc(Br)c(S(=O)(=O)N2CCOCC2)c1. The van der Waals surface area contributed by atoms with Crippen LogP contribution in [-0.2, 0) is 21.2 Å². The maximum atomic E-state index is 13.2. The number of hydrogen-bond acceptors (Lipinski definition) is 4. The summed E-state index contributed by atoms with van der Waals surface area (Å²) in [7, 11) is -3.73. The number of nitrogens with zero attached hydrogens (tertiary/aromatic N) is 1. The van der Waals surface area contributed by atoms with Crippen molar-refractivity contribution in [1.29, 1.82) is 0 Å². The van der Waals surface area contributed by atoms with Crippen molar-refractivity contribution in [2.45, 2.75) is 11.3 Å². The molecule has 1 N–H and O–H groups in total. The van der Waals surface area contributed by atoms with Crippen LogP contribution in [0.3, 0.4) is 0 Å². The zero-order valence-corrected chi connectivity index (χ0v) is 17.4. The molecule has 1 fully saturated rings. The third-order valence-electron chi connectivity index (χ3n) is 4.37. The molecule has 0 spiro atoms. The number of sulfonamides is 1. The first-order chi connectivity index (χ1) is 13.4. The number of benzene rings is 2. The summed E-state index contributed by atoms with van der Waals surface area (Å²) in [5.74, 6) is -0.711. The molecule has 2 aromatic rings. The van der Waals surface area contributed by atoms with Gasteiger partial charge < -0.3 is 10.1 Å². The normalized spacial score (nSPS) is 15.4. The van der Waals surface area contributed by atoms with E-state index >= 15 is 0 Å². The van der Waals surface area contributed by atoms with Gasteiger partial charge in [-0.1, -0.05) is 12.1 Å². The largest absolute Gasteiger partial charge is 0.379 e. The van der Waals surface area contributed by atoms with Crippen LogP contribution in [0.4, 0.5) is 4.39 Å². The molecule has 0 radical (unpaired) electrons. The van der Waals surface area contributed by atoms with E-state index in [-0.39, 0.29) is 35.3 Å². The van der Waals surface area contributed by atoms with E-state index in [1.165, 1.54) is 22.5 Å². The van der Waals surface area contributed by atoms with Crippen LogP contribution in [0.25, 0.3) is 0 Å². The van der Waals surface area contributed by atoms with Crippen molar-refractivity contribution in [2.75, 3.05) is 32.8 Å². The third kappa shape index (κ3) is 4.96. The van der Waals surface area contributed by atoms with Crippen LogP contribution in [0, 0.1) is 5.82 Å². The Morgan fingerprint density at radius 3 is 2.64 bits per heavy atom. The van der Waals surface area contributed by atoms with Gasteiger partial charge in [-0.25, -0.2) is 12.8 Å². The second-order valence-corrected chi connectivity index (χ2v) is 9.06. The number of rotatable bonds is 6. The topological polar surface area (TPSA) is 75.7 Å². The first-order valence-electron chi connectivity index (χ1n) is 8.78. The van der Waals surface area contributed by atoms with Gasteiger partial charge in [0.05, 0.1) is 18.1 Å². The molecular formula is C19H20BrFN2O4S. The lowest BCUT2D eigenvalue weighted by Gasteiger charge is -2.26. The Morgan fingerprint density at radius 2 is 1.93 bits per heavy atom. The van der Waals surface area contributed by atoms with Gasteiger partial charge in [-0.2, -0.15) is 4.31 Å². The van der Waals surface area contributed by atoms with Gasteiger partial charge in [-0.3, -0.25) is 4.79 Å². The fraction of sp³-hybridized carbons (Fsp3) is 0.316. The zero-order valence-electron chi connectivity index (χ0n) is 15.0. The van der Waals surface area contributed by atoms with Crippen molar-refractivity contribution >= 4 is 31.9 Å². The molecule has 3 rings (SSSR count). The fourth-order valence-corrected chi connectivity index (χ4v) is 5.24. The molecule has 0 bridgehead atoms. The number of ether oxygens (including phenoxy) is 1. The molecule has 9 heteroatoms. The molecule has 0 saturated carbocycles. The molecule has 1 heterocycles. The zero-order chi connectivity index (χ0) is 20.1. The quantitative estimate of drug-likeness (QED) is 0.703. The maximum absolute atomic E-state index is 13.2. The first kappa shape index (κ1) is 20.9. The minimum atomic E-state index is -3.73. The third-order valence-corrected chi connectivity index (χ3v) is 7.26. The van der Waals surface area contributed by atoms with E-state index < -0.39 is 10.0 Å². The molecule has 0 atom stereocenters. The van der Waals surface area contributed by atoms with E-state index in [4.69, 9.17) is 4.74 Å². The molecule has 0 aliphatic carbocycles. The van der Waals surface area contributed by atoms with Gasteiger partial charge in [-0.05, 0) is 58.2 Å². The summed E-state index contributed by atoms with van der Waals surface area (Å²) in [6, 6.07) is 10.6. The number of carbonyl (C=O) groups excluding carboxylic acids is 1. The van der Waals surface area contributed by atoms with Gasteiger partial charge in [0.1, 0.15) is 5.82 Å². The lowest BCUT2D eigenvalue weighted by atomic mass is 10.1. The van der Waals surface area contributed by atoms with Crippen molar-refractivity contribution < 1.29 is 22.3 Å². The molecule has 0 unspecified atom stereocenters. The molecule has 2 aromatic carbocycles. The number of carbonyl (C=O) groups is 1. The maximum Gasteiger partial charge on any atom is 0.251 e. The second-order valence-electron chi connectivity index (χ2n) is 6.30. The summed E-state index contributed by atoms with van der Waals surface area (Å²) < 4.78 is 45.9. The van der Waals surface area contributed by atoms with Crippen LogP contribution < -0.4 is 5.32 Å². The van der Waals surface area contributed by atoms with E-state index in [1.807, 2.05) is 0 Å². The minimum Gasteiger partial charge on any atom is -0.379 e. The van der Waals surface area contributed by atoms with Gasteiger partial charge in [0.2, 0.25) is 10.0 Å². The Labute approximate surface area is 171 Å². The highest BCUT2D eigenvalue weighted by atomic mass is 79.9. The van der Waals surface area contributed by atoms with Crippen molar-refractivity contribution in [3.05, 3.63) is 63.9 Å². The average molecular weight is 471 g/mol. The second kappa shape index (κ2) is 9.13. The Balaban J connectivity index is 1.70. The summed E-state index contributed by atoms with van der Waals surface area (Å²) >= 11 is 3.27. The molecule has 1 aliphatic rings. The molecule has 28 heavy (non-hydrogen) atoms. The van der Waals surface area contributed by atoms with Crippen LogP contribution >= 0.6 is 15.9 Å². The standard InChI is InChI=1S/C19H20BrFN2O4S/c20-17-5-4-15(13-18(17)28(25,26)23-8-10-27-11-9-23)19(24)22-7-6-14-2-1-3-16(21)12-14/h1-5,12-13H,6-11H2,(H,22,24). The van der Waals surface area contributed by atoms with Gasteiger partial charge in [0.15, 0.2) is 0 Å². The van der Waals surface area contributed by atoms with Crippen molar-refractivity contribution in [3.63, 3.8) is 0 Å². The van der Waals surface area contributed by atoms with Crippen LogP contribution in [0.2, 0.25) is 0 Å². The fourth-order valence-electron chi connectivity index (χ4n) is 2.88. The van der Waals surface area contributed by atoms with Crippen molar-refractivity contribution in [3.8, 4) is 0 Å². The monoisotopic (exact) mass is 470 g/mol. The van der Waals surface area contributed by atoms with Crippen LogP contribution in [-0.4, -0.2) is 51.5 Å². The van der Waals surface area contributed by atoms with Gasteiger partial charge >= 0.3 is 0 Å². The number of nitrogens with one attached hydrogen (secondary N) is 1. The summed E-state index contributed by atoms with van der Waals surface area (Å²) in [5.41, 5.74) is 1.01. The van der Waals surface area contributed by atoms with E-state index in [9.17, 15) is 17.6 Å². The number of hydrogen-bond donors (Lipinski definition) is 1. The average Bonchev–Trinajstić information content (AvgIpc) is 2.69. The smallest absolute Gasteiger partial charge is 0.251 e. The van der Waals surface area contributed by atoms with Gasteiger partial charge in [0, 0.05) is 29.7 Å². The Morgan fingerprint density at radius 1 is 1.18 bits per heavy atom. The Kier molecular flexibility index (Phi) is 6.82. The van der Waals surface area contributed by atoms with E-state index in [0.717, 1.165) is 5.56 Å². The van der Waals surface area contributed by atoms with Crippen LogP contribution in [0.5, 0.6) is 0 Å². The lowest BCUT2D eigenvalue weighted by Crippen LogP contribution is -2.40. The molecular weight excluding hydrogens is 451 g/mol. The highest BCUT2D eigenvalue weighted by Gasteiger charge is 2.28. The van der Waals surface area contributed by atoms with Crippen molar-refractivity contribution in [2.24, 2.45) is 0 Å². The summed E-state index contributed by atoms with van der Waals surface area (Å²) in [4.78, 5) is 12.5. The van der Waals surface area contributed by atoms with Crippen LogP contribution in [0.15, 0.2) is 51.8 Å². The molecule has 1 amide bonds. The summed E-state index contributed by atoms with van der Waals surface area (Å²) in [6.07, 6.45) is 0.471. The molecule has 1 saturated heterocycles. The van der Waals surface area contributed by atoms with E-state index in [0.29, 0.717) is 30.7 Å². The number of amides is 1. The van der Waals surface area contributed by atoms with Crippen molar-refractivity contribution in [1.82, 2.24) is 9.62 Å². The molecule has 6 nitrogen and oxygen atoms in total. The molecule has 150 valence electrons. The first-order valence-corrected chi connectivity index (χ1v) is 11.0. The predicted octanol–water partition coefficient (Wildman–Crippen LogP) is 2.58. The van der Waals surface area contributed by atoms with Crippen LogP contribution in [0.1, 0.15) is 15.9 Å². The Hall–Kier alpha value is -1.81.